The summed E-state index contributed by atoms with van der Waals surface area (Å²) in [5, 5.41) is 0. The highest BCUT2D eigenvalue weighted by Crippen LogP contribution is 2.22. The maximum Gasteiger partial charge on any atom is 0.0930 e. The van der Waals surface area contributed by atoms with Gasteiger partial charge in [0.15, 0.2) is 0 Å². The first-order valence-corrected chi connectivity index (χ1v) is 4.17. The summed E-state index contributed by atoms with van der Waals surface area (Å²) >= 11 is 1.89. The van der Waals surface area contributed by atoms with Crippen LogP contribution in [0.4, 0.5) is 0 Å². The largest absolute Gasteiger partial charge is 0.378 e. The van der Waals surface area contributed by atoms with Crippen molar-refractivity contribution in [1.82, 2.24) is 0 Å². The molecule has 2 nitrogen and oxygen atoms in total. The van der Waals surface area contributed by atoms with Gasteiger partial charge in [-0.2, -0.15) is 11.8 Å². The minimum atomic E-state index is 0.319. The number of hydrogen-bond donors (Lipinski definition) is 0. The quantitative estimate of drug-likeness (QED) is 0.576. The molecule has 0 spiro atoms. The van der Waals surface area contributed by atoms with Crippen LogP contribution in [0.5, 0.6) is 0 Å². The van der Waals surface area contributed by atoms with Crippen molar-refractivity contribution >= 4 is 11.8 Å². The minimum absolute atomic E-state index is 0.319. The Morgan fingerprint density at radius 3 is 1.89 bits per heavy atom. The summed E-state index contributed by atoms with van der Waals surface area (Å²) in [6.07, 6.45) is 0.639. The zero-order chi connectivity index (χ0) is 6.69. The van der Waals surface area contributed by atoms with E-state index in [-0.39, 0.29) is 0 Å². The number of ether oxygens (including phenoxy) is 2. The first-order chi connectivity index (χ1) is 4.38. The van der Waals surface area contributed by atoms with Crippen LogP contribution in [-0.2, 0) is 9.47 Å². The van der Waals surface area contributed by atoms with Crippen LogP contribution in [0.15, 0.2) is 0 Å². The fourth-order valence-corrected chi connectivity index (χ4v) is 2.26. The van der Waals surface area contributed by atoms with Crippen molar-refractivity contribution in [1.29, 1.82) is 0 Å². The topological polar surface area (TPSA) is 18.5 Å². The van der Waals surface area contributed by atoms with E-state index >= 15 is 0 Å². The summed E-state index contributed by atoms with van der Waals surface area (Å²) in [4.78, 5) is 0. The molecule has 1 aliphatic rings. The van der Waals surface area contributed by atoms with Crippen LogP contribution in [0, 0.1) is 0 Å². The number of methoxy groups -OCH3 is 2. The molecular weight excluding hydrogens is 136 g/mol. The highest BCUT2D eigenvalue weighted by atomic mass is 32.2. The molecule has 54 valence electrons. The Morgan fingerprint density at radius 1 is 1.11 bits per heavy atom. The first-order valence-electron chi connectivity index (χ1n) is 3.02. The lowest BCUT2D eigenvalue weighted by Crippen LogP contribution is -2.27. The van der Waals surface area contributed by atoms with E-state index in [2.05, 4.69) is 0 Å². The molecule has 2 unspecified atom stereocenters. The fourth-order valence-electron chi connectivity index (χ4n) is 0.955. The molecule has 1 rings (SSSR count). The van der Waals surface area contributed by atoms with Crippen molar-refractivity contribution in [2.24, 2.45) is 0 Å². The molecular formula is C6H12O2S. The molecule has 0 aromatic rings. The number of hydrogen-bond acceptors (Lipinski definition) is 3. The maximum atomic E-state index is 5.17. The van der Waals surface area contributed by atoms with Gasteiger partial charge in [0.2, 0.25) is 0 Å². The lowest BCUT2D eigenvalue weighted by atomic mass is 10.3. The lowest BCUT2D eigenvalue weighted by molar-refractivity contribution is -0.00461. The molecule has 0 radical (unpaired) electrons. The summed E-state index contributed by atoms with van der Waals surface area (Å²) in [5.41, 5.74) is 0. The molecule has 2 atom stereocenters. The van der Waals surface area contributed by atoms with E-state index in [1.165, 1.54) is 0 Å². The van der Waals surface area contributed by atoms with Crippen molar-refractivity contribution in [3.8, 4) is 0 Å². The molecule has 0 amide bonds. The normalized spacial score (nSPS) is 35.3. The molecule has 9 heavy (non-hydrogen) atoms. The fraction of sp³-hybridized carbons (Fsp3) is 1.00. The summed E-state index contributed by atoms with van der Waals surface area (Å²) < 4.78 is 10.3. The molecule has 1 fully saturated rings. The second-order valence-corrected chi connectivity index (χ2v) is 3.16. The highest BCUT2D eigenvalue weighted by Gasteiger charge is 2.26. The lowest BCUT2D eigenvalue weighted by Gasteiger charge is -2.14. The molecule has 1 saturated heterocycles. The predicted octanol–water partition coefficient (Wildman–Crippen LogP) is 0.763. The van der Waals surface area contributed by atoms with E-state index in [9.17, 15) is 0 Å². The summed E-state index contributed by atoms with van der Waals surface area (Å²) in [6, 6.07) is 0. The molecule has 1 aliphatic heterocycles. The molecule has 0 bridgehead atoms. The van der Waals surface area contributed by atoms with Crippen LogP contribution in [0.3, 0.4) is 0 Å². The van der Waals surface area contributed by atoms with Crippen LogP contribution in [0.2, 0.25) is 0 Å². The third-order valence-electron chi connectivity index (χ3n) is 1.58. The van der Waals surface area contributed by atoms with Crippen LogP contribution >= 0.6 is 11.8 Å². The van der Waals surface area contributed by atoms with Gasteiger partial charge in [0.1, 0.15) is 0 Å². The molecule has 0 aromatic carbocycles. The van der Waals surface area contributed by atoms with Gasteiger partial charge in [-0.1, -0.05) is 0 Å². The third-order valence-corrected chi connectivity index (χ3v) is 2.71. The first kappa shape index (κ1) is 7.38. The molecule has 0 aromatic heterocycles. The van der Waals surface area contributed by atoms with Crippen molar-refractivity contribution in [3.63, 3.8) is 0 Å². The summed E-state index contributed by atoms with van der Waals surface area (Å²) in [6.45, 7) is 0. The summed E-state index contributed by atoms with van der Waals surface area (Å²) in [7, 11) is 3.48. The van der Waals surface area contributed by atoms with Gasteiger partial charge in [-0.15, -0.1) is 0 Å². The van der Waals surface area contributed by atoms with Crippen LogP contribution in [0.25, 0.3) is 0 Å². The SMILES string of the molecule is COC1CSCC1OC. The molecule has 0 N–H and O–H groups in total. The van der Waals surface area contributed by atoms with Gasteiger partial charge >= 0.3 is 0 Å². The van der Waals surface area contributed by atoms with Gasteiger partial charge in [0, 0.05) is 25.7 Å². The van der Waals surface area contributed by atoms with Gasteiger partial charge in [0.05, 0.1) is 12.2 Å². The predicted molar refractivity (Wildman–Crippen MR) is 38.9 cm³/mol. The smallest absolute Gasteiger partial charge is 0.0930 e. The van der Waals surface area contributed by atoms with Crippen molar-refractivity contribution < 1.29 is 9.47 Å². The van der Waals surface area contributed by atoms with Crippen molar-refractivity contribution in [2.75, 3.05) is 25.7 Å². The second-order valence-electron chi connectivity index (χ2n) is 2.09. The van der Waals surface area contributed by atoms with Gasteiger partial charge in [0.25, 0.3) is 0 Å². The van der Waals surface area contributed by atoms with Crippen LogP contribution in [0.1, 0.15) is 0 Å². The van der Waals surface area contributed by atoms with Crippen LogP contribution < -0.4 is 0 Å². The van der Waals surface area contributed by atoms with E-state index in [1.807, 2.05) is 11.8 Å². The number of thioether (sulfide) groups is 1. The van der Waals surface area contributed by atoms with Crippen LogP contribution in [-0.4, -0.2) is 37.9 Å². The van der Waals surface area contributed by atoms with Gasteiger partial charge in [-0.3, -0.25) is 0 Å². The minimum Gasteiger partial charge on any atom is -0.378 e. The highest BCUT2D eigenvalue weighted by molar-refractivity contribution is 7.99. The van der Waals surface area contributed by atoms with E-state index in [4.69, 9.17) is 9.47 Å². The van der Waals surface area contributed by atoms with Gasteiger partial charge in [-0.25, -0.2) is 0 Å². The van der Waals surface area contributed by atoms with Crippen molar-refractivity contribution in [3.05, 3.63) is 0 Å². The zero-order valence-electron chi connectivity index (χ0n) is 5.79. The van der Waals surface area contributed by atoms with Gasteiger partial charge in [-0.05, 0) is 0 Å². The Bertz CT molecular complexity index is 77.1. The molecule has 0 saturated carbocycles. The monoisotopic (exact) mass is 148 g/mol. The third kappa shape index (κ3) is 1.60. The van der Waals surface area contributed by atoms with E-state index < -0.39 is 0 Å². The molecule has 0 aliphatic carbocycles. The van der Waals surface area contributed by atoms with Gasteiger partial charge < -0.3 is 9.47 Å². The summed E-state index contributed by atoms with van der Waals surface area (Å²) in [5.74, 6) is 2.16. The Balaban J connectivity index is 2.32. The molecule has 1 heterocycles. The Hall–Kier alpha value is 0.270. The Labute approximate surface area is 59.9 Å². The standard InChI is InChI=1S/C6H12O2S/c1-7-5-3-9-4-6(5)8-2/h5-6H,3-4H2,1-2H3. The van der Waals surface area contributed by atoms with Crippen molar-refractivity contribution in [2.45, 2.75) is 12.2 Å². The van der Waals surface area contributed by atoms with E-state index in [1.54, 1.807) is 14.2 Å². The zero-order valence-corrected chi connectivity index (χ0v) is 6.61. The average Bonchev–Trinajstić information content (AvgIpc) is 2.33. The second kappa shape index (κ2) is 3.44. The van der Waals surface area contributed by atoms with E-state index in [0.717, 1.165) is 11.5 Å². The van der Waals surface area contributed by atoms with E-state index in [0.29, 0.717) is 12.2 Å². The molecule has 3 heteroatoms. The Morgan fingerprint density at radius 2 is 1.56 bits per heavy atom. The number of rotatable bonds is 2. The Kier molecular flexibility index (Phi) is 2.82. The maximum absolute atomic E-state index is 5.17. The average molecular weight is 148 g/mol.